The molecule has 2 rings (SSSR count). The highest BCUT2D eigenvalue weighted by Gasteiger charge is 2.22. The predicted octanol–water partition coefficient (Wildman–Crippen LogP) is 1.30. The first-order valence-corrected chi connectivity index (χ1v) is 7.25. The highest BCUT2D eigenvalue weighted by molar-refractivity contribution is 5.78. The number of rotatable bonds is 3. The highest BCUT2D eigenvalue weighted by atomic mass is 16.2. The van der Waals surface area contributed by atoms with E-state index >= 15 is 0 Å². The average Bonchev–Trinajstić information content (AvgIpc) is 2.68. The van der Waals surface area contributed by atoms with Crippen molar-refractivity contribution in [2.24, 2.45) is 5.92 Å². The Kier molecular flexibility index (Phi) is 5.17. The molecule has 4 nitrogen and oxygen atoms in total. The van der Waals surface area contributed by atoms with Gasteiger partial charge in [0.1, 0.15) is 6.29 Å². The molecule has 0 bridgehead atoms. The van der Waals surface area contributed by atoms with Crippen molar-refractivity contribution in [1.29, 1.82) is 0 Å². The van der Waals surface area contributed by atoms with Gasteiger partial charge in [-0.05, 0) is 38.8 Å². The monoisotopic (exact) mass is 252 g/mol. The van der Waals surface area contributed by atoms with Crippen LogP contribution in [0.1, 0.15) is 38.5 Å². The summed E-state index contributed by atoms with van der Waals surface area (Å²) in [7, 11) is 0. The van der Waals surface area contributed by atoms with Crippen LogP contribution in [0, 0.1) is 5.92 Å². The number of amides is 1. The number of carbonyl (C=O) groups is 2. The predicted molar refractivity (Wildman–Crippen MR) is 70.3 cm³/mol. The number of nitrogens with zero attached hydrogens (tertiary/aromatic N) is 2. The fourth-order valence-electron chi connectivity index (χ4n) is 2.86. The number of likely N-dealkylation sites (tertiary alicyclic amines) is 2. The van der Waals surface area contributed by atoms with Crippen LogP contribution < -0.4 is 0 Å². The van der Waals surface area contributed by atoms with Crippen molar-refractivity contribution in [2.75, 3.05) is 32.7 Å². The molecule has 0 unspecified atom stereocenters. The van der Waals surface area contributed by atoms with Gasteiger partial charge >= 0.3 is 0 Å². The van der Waals surface area contributed by atoms with Gasteiger partial charge in [-0.1, -0.05) is 12.8 Å². The maximum Gasteiger partial charge on any atom is 0.236 e. The molecule has 2 aliphatic rings. The minimum atomic E-state index is 0.217. The van der Waals surface area contributed by atoms with Gasteiger partial charge in [-0.2, -0.15) is 0 Å². The maximum atomic E-state index is 12.2. The van der Waals surface area contributed by atoms with E-state index < -0.39 is 0 Å². The molecule has 2 saturated heterocycles. The number of hydrogen-bond acceptors (Lipinski definition) is 3. The lowest BCUT2D eigenvalue weighted by Crippen LogP contribution is -2.43. The topological polar surface area (TPSA) is 40.6 Å². The molecular formula is C14H24N2O2. The summed E-state index contributed by atoms with van der Waals surface area (Å²) in [4.78, 5) is 27.1. The van der Waals surface area contributed by atoms with Gasteiger partial charge in [0.2, 0.25) is 5.91 Å². The summed E-state index contributed by atoms with van der Waals surface area (Å²) in [6.07, 6.45) is 7.71. The molecule has 0 aliphatic carbocycles. The molecule has 0 aromatic heterocycles. The molecule has 0 N–H and O–H groups in total. The lowest BCUT2D eigenvalue weighted by Gasteiger charge is -2.31. The van der Waals surface area contributed by atoms with E-state index in [4.69, 9.17) is 0 Å². The van der Waals surface area contributed by atoms with Crippen molar-refractivity contribution in [3.63, 3.8) is 0 Å². The Balaban J connectivity index is 1.75. The molecule has 0 radical (unpaired) electrons. The van der Waals surface area contributed by atoms with Gasteiger partial charge in [-0.3, -0.25) is 9.69 Å². The zero-order valence-corrected chi connectivity index (χ0v) is 11.1. The zero-order valence-electron chi connectivity index (χ0n) is 11.1. The van der Waals surface area contributed by atoms with E-state index in [9.17, 15) is 9.59 Å². The van der Waals surface area contributed by atoms with Crippen molar-refractivity contribution in [3.05, 3.63) is 0 Å². The third-order valence-corrected chi connectivity index (χ3v) is 4.14. The minimum absolute atomic E-state index is 0.217. The molecule has 4 heteroatoms. The molecule has 1 amide bonds. The summed E-state index contributed by atoms with van der Waals surface area (Å²) >= 11 is 0. The third kappa shape index (κ3) is 3.80. The quantitative estimate of drug-likeness (QED) is 0.711. The Morgan fingerprint density at radius 2 is 1.61 bits per heavy atom. The van der Waals surface area contributed by atoms with Crippen molar-refractivity contribution in [2.45, 2.75) is 38.5 Å². The molecule has 2 fully saturated rings. The van der Waals surface area contributed by atoms with Crippen molar-refractivity contribution >= 4 is 12.2 Å². The largest absolute Gasteiger partial charge is 0.342 e. The molecule has 18 heavy (non-hydrogen) atoms. The first-order chi connectivity index (χ1) is 8.79. The van der Waals surface area contributed by atoms with Crippen molar-refractivity contribution < 1.29 is 9.59 Å². The van der Waals surface area contributed by atoms with Crippen molar-refractivity contribution in [1.82, 2.24) is 9.80 Å². The summed E-state index contributed by atoms with van der Waals surface area (Å²) in [6, 6.07) is 0. The first kappa shape index (κ1) is 13.5. The molecule has 0 atom stereocenters. The fraction of sp³-hybridized carbons (Fsp3) is 0.857. The Labute approximate surface area is 109 Å². The van der Waals surface area contributed by atoms with Gasteiger partial charge in [0.25, 0.3) is 0 Å². The summed E-state index contributed by atoms with van der Waals surface area (Å²) in [5.41, 5.74) is 0. The molecule has 2 heterocycles. The van der Waals surface area contributed by atoms with Gasteiger partial charge in [0.15, 0.2) is 0 Å². The third-order valence-electron chi connectivity index (χ3n) is 4.14. The molecule has 0 aromatic rings. The number of carbonyl (C=O) groups excluding carboxylic acids is 2. The summed E-state index contributed by atoms with van der Waals surface area (Å²) in [5.74, 6) is 0.496. The number of aldehydes is 1. The van der Waals surface area contributed by atoms with E-state index in [1.165, 1.54) is 12.8 Å². The van der Waals surface area contributed by atoms with Gasteiger partial charge in [0.05, 0.1) is 6.54 Å². The van der Waals surface area contributed by atoms with Crippen LogP contribution in [-0.2, 0) is 9.59 Å². The van der Waals surface area contributed by atoms with Crippen molar-refractivity contribution in [3.8, 4) is 0 Å². The van der Waals surface area contributed by atoms with E-state index in [0.29, 0.717) is 6.54 Å². The van der Waals surface area contributed by atoms with Crippen LogP contribution in [0.3, 0.4) is 0 Å². The SMILES string of the molecule is O=CC1CCN(CC(=O)N2CCCCCC2)CC1. The average molecular weight is 252 g/mol. The lowest BCUT2D eigenvalue weighted by atomic mass is 9.99. The summed E-state index contributed by atoms with van der Waals surface area (Å²) in [5, 5.41) is 0. The Hall–Kier alpha value is -0.900. The first-order valence-electron chi connectivity index (χ1n) is 7.25. The normalized spacial score (nSPS) is 23.7. The molecule has 102 valence electrons. The second kappa shape index (κ2) is 6.88. The van der Waals surface area contributed by atoms with Crippen LogP contribution in [0.15, 0.2) is 0 Å². The minimum Gasteiger partial charge on any atom is -0.342 e. The van der Waals surface area contributed by atoms with E-state index in [2.05, 4.69) is 4.90 Å². The van der Waals surface area contributed by atoms with Gasteiger partial charge in [-0.15, -0.1) is 0 Å². The van der Waals surface area contributed by atoms with Crippen LogP contribution in [-0.4, -0.2) is 54.7 Å². The van der Waals surface area contributed by atoms with Crippen LogP contribution >= 0.6 is 0 Å². The second-order valence-corrected chi connectivity index (χ2v) is 5.54. The van der Waals surface area contributed by atoms with Crippen LogP contribution in [0.2, 0.25) is 0 Å². The molecule has 0 saturated carbocycles. The Morgan fingerprint density at radius 1 is 1.00 bits per heavy atom. The smallest absolute Gasteiger partial charge is 0.236 e. The van der Waals surface area contributed by atoms with E-state index in [0.717, 1.165) is 58.1 Å². The molecule has 0 spiro atoms. The Bertz CT molecular complexity index is 278. The van der Waals surface area contributed by atoms with Crippen LogP contribution in [0.4, 0.5) is 0 Å². The van der Waals surface area contributed by atoms with E-state index in [-0.39, 0.29) is 11.8 Å². The summed E-state index contributed by atoms with van der Waals surface area (Å²) < 4.78 is 0. The van der Waals surface area contributed by atoms with Gasteiger partial charge < -0.3 is 9.69 Å². The zero-order chi connectivity index (χ0) is 12.8. The summed E-state index contributed by atoms with van der Waals surface area (Å²) in [6.45, 7) is 4.20. The molecular weight excluding hydrogens is 228 g/mol. The Morgan fingerprint density at radius 3 is 2.17 bits per heavy atom. The standard InChI is InChI=1S/C14H24N2O2/c17-12-13-5-9-15(10-6-13)11-14(18)16-7-3-1-2-4-8-16/h12-13H,1-11H2. The molecule has 0 aromatic carbocycles. The fourth-order valence-corrected chi connectivity index (χ4v) is 2.86. The highest BCUT2D eigenvalue weighted by Crippen LogP contribution is 2.15. The van der Waals surface area contributed by atoms with Gasteiger partial charge in [-0.25, -0.2) is 0 Å². The van der Waals surface area contributed by atoms with Crippen LogP contribution in [0.25, 0.3) is 0 Å². The number of hydrogen-bond donors (Lipinski definition) is 0. The molecule has 2 aliphatic heterocycles. The number of piperidine rings is 1. The second-order valence-electron chi connectivity index (χ2n) is 5.54. The van der Waals surface area contributed by atoms with E-state index in [1.807, 2.05) is 4.90 Å². The van der Waals surface area contributed by atoms with Gasteiger partial charge in [0, 0.05) is 19.0 Å². The van der Waals surface area contributed by atoms with Crippen LogP contribution in [0.5, 0.6) is 0 Å². The lowest BCUT2D eigenvalue weighted by molar-refractivity contribution is -0.132. The maximum absolute atomic E-state index is 12.2. The van der Waals surface area contributed by atoms with E-state index in [1.54, 1.807) is 0 Å².